The first kappa shape index (κ1) is 11.9. The summed E-state index contributed by atoms with van der Waals surface area (Å²) < 4.78 is 0. The lowest BCUT2D eigenvalue weighted by Gasteiger charge is -2.04. The minimum Gasteiger partial charge on any atom is -0.479 e. The molecule has 0 aliphatic carbocycles. The Morgan fingerprint density at radius 1 is 1.53 bits per heavy atom. The molecule has 0 amide bonds. The van der Waals surface area contributed by atoms with Crippen molar-refractivity contribution in [3.63, 3.8) is 0 Å². The van der Waals surface area contributed by atoms with Crippen LogP contribution in [0.2, 0.25) is 0 Å². The lowest BCUT2D eigenvalue weighted by Crippen LogP contribution is -2.19. The molecule has 5 nitrogen and oxygen atoms in total. The van der Waals surface area contributed by atoms with Gasteiger partial charge in [0.25, 0.3) is 0 Å². The number of aliphatic carboxylic acids is 1. The van der Waals surface area contributed by atoms with E-state index in [4.69, 9.17) is 10.2 Å². The van der Waals surface area contributed by atoms with Gasteiger partial charge in [-0.2, -0.15) is 11.8 Å². The van der Waals surface area contributed by atoms with Crippen LogP contribution >= 0.6 is 11.8 Å². The van der Waals surface area contributed by atoms with Crippen molar-refractivity contribution in [2.45, 2.75) is 18.3 Å². The van der Waals surface area contributed by atoms with Crippen LogP contribution in [-0.2, 0) is 10.5 Å². The number of aliphatic hydroxyl groups is 1. The van der Waals surface area contributed by atoms with Crippen molar-refractivity contribution >= 4 is 17.7 Å². The third kappa shape index (κ3) is 4.75. The van der Waals surface area contributed by atoms with E-state index in [2.05, 4.69) is 9.97 Å². The summed E-state index contributed by atoms with van der Waals surface area (Å²) in [5.74, 6) is 0.0969. The van der Waals surface area contributed by atoms with Crippen molar-refractivity contribution in [2.24, 2.45) is 0 Å². The summed E-state index contributed by atoms with van der Waals surface area (Å²) >= 11 is 1.53. The van der Waals surface area contributed by atoms with E-state index in [0.717, 1.165) is 5.69 Å². The molecular formula is C9H12N2O3S. The number of aromatic nitrogens is 2. The molecule has 0 bridgehead atoms. The molecule has 0 radical (unpaired) electrons. The van der Waals surface area contributed by atoms with Crippen molar-refractivity contribution < 1.29 is 15.0 Å². The van der Waals surface area contributed by atoms with Gasteiger partial charge in [-0.3, -0.25) is 9.97 Å². The van der Waals surface area contributed by atoms with Gasteiger partial charge >= 0.3 is 5.97 Å². The Labute approximate surface area is 91.6 Å². The van der Waals surface area contributed by atoms with Crippen molar-refractivity contribution in [1.82, 2.24) is 9.97 Å². The summed E-state index contributed by atoms with van der Waals surface area (Å²) in [6.07, 6.45) is 3.87. The number of thioether (sulfide) groups is 1. The average Bonchev–Trinajstić information content (AvgIpc) is 2.25. The molecule has 0 saturated carbocycles. The number of carboxylic acids is 1. The normalized spacial score (nSPS) is 12.3. The third-order valence-electron chi connectivity index (χ3n) is 1.69. The standard InChI is InChI=1S/C9H12N2O3S/c12-8(9(13)14)1-4-15-6-7-5-10-2-3-11-7/h2-3,5,8,12H,1,4,6H2,(H,13,14). The van der Waals surface area contributed by atoms with E-state index in [1.165, 1.54) is 11.8 Å². The lowest BCUT2D eigenvalue weighted by atomic mass is 10.3. The molecule has 1 unspecified atom stereocenters. The second kappa shape index (κ2) is 6.36. The number of hydrogen-bond donors (Lipinski definition) is 2. The number of carbonyl (C=O) groups is 1. The van der Waals surface area contributed by atoms with Crippen molar-refractivity contribution in [1.29, 1.82) is 0 Å². The first-order valence-corrected chi connectivity index (χ1v) is 5.59. The zero-order chi connectivity index (χ0) is 11.1. The van der Waals surface area contributed by atoms with Gasteiger partial charge in [-0.25, -0.2) is 4.79 Å². The maximum atomic E-state index is 10.3. The number of nitrogens with zero attached hydrogens (tertiary/aromatic N) is 2. The topological polar surface area (TPSA) is 83.3 Å². The zero-order valence-corrected chi connectivity index (χ0v) is 8.85. The van der Waals surface area contributed by atoms with Crippen molar-refractivity contribution in [3.05, 3.63) is 24.3 Å². The van der Waals surface area contributed by atoms with Crippen LogP contribution in [0.5, 0.6) is 0 Å². The van der Waals surface area contributed by atoms with Crippen molar-refractivity contribution in [3.8, 4) is 0 Å². The number of hydrogen-bond acceptors (Lipinski definition) is 5. The summed E-state index contributed by atoms with van der Waals surface area (Å²) in [6, 6.07) is 0. The first-order valence-electron chi connectivity index (χ1n) is 4.43. The number of aliphatic hydroxyl groups excluding tert-OH is 1. The van der Waals surface area contributed by atoms with Gasteiger partial charge in [-0.05, 0) is 12.2 Å². The zero-order valence-electron chi connectivity index (χ0n) is 8.04. The van der Waals surface area contributed by atoms with E-state index < -0.39 is 12.1 Å². The van der Waals surface area contributed by atoms with Crippen LogP contribution in [0.3, 0.4) is 0 Å². The smallest absolute Gasteiger partial charge is 0.332 e. The highest BCUT2D eigenvalue weighted by Crippen LogP contribution is 2.11. The molecule has 6 heteroatoms. The van der Waals surface area contributed by atoms with Gasteiger partial charge < -0.3 is 10.2 Å². The Kier molecular flexibility index (Phi) is 5.06. The van der Waals surface area contributed by atoms with Gasteiger partial charge in [-0.15, -0.1) is 0 Å². The van der Waals surface area contributed by atoms with E-state index >= 15 is 0 Å². The third-order valence-corrected chi connectivity index (χ3v) is 2.71. The Hall–Kier alpha value is -1.14. The molecule has 0 aliphatic heterocycles. The molecule has 82 valence electrons. The molecule has 0 aromatic carbocycles. The van der Waals surface area contributed by atoms with Gasteiger partial charge in [0.15, 0.2) is 6.10 Å². The monoisotopic (exact) mass is 228 g/mol. The average molecular weight is 228 g/mol. The predicted molar refractivity (Wildman–Crippen MR) is 56.5 cm³/mol. The molecule has 2 N–H and O–H groups in total. The van der Waals surface area contributed by atoms with Crippen molar-refractivity contribution in [2.75, 3.05) is 5.75 Å². The molecule has 1 atom stereocenters. The molecule has 1 aromatic rings. The Morgan fingerprint density at radius 2 is 2.33 bits per heavy atom. The minimum absolute atomic E-state index is 0.250. The molecule has 15 heavy (non-hydrogen) atoms. The van der Waals surface area contributed by atoms with Gasteiger partial charge in [0.2, 0.25) is 0 Å². The van der Waals surface area contributed by atoms with Crippen LogP contribution in [-0.4, -0.2) is 38.0 Å². The quantitative estimate of drug-likeness (QED) is 0.692. The largest absolute Gasteiger partial charge is 0.479 e. The fourth-order valence-corrected chi connectivity index (χ4v) is 1.79. The fraction of sp³-hybridized carbons (Fsp3) is 0.444. The fourth-order valence-electron chi connectivity index (χ4n) is 0.900. The highest BCUT2D eigenvalue weighted by molar-refractivity contribution is 7.98. The SMILES string of the molecule is O=C(O)C(O)CCSCc1cnccn1. The van der Waals surface area contributed by atoms with Crippen LogP contribution in [0.4, 0.5) is 0 Å². The predicted octanol–water partition coefficient (Wildman–Crippen LogP) is 0.545. The summed E-state index contributed by atoms with van der Waals surface area (Å²) in [4.78, 5) is 18.3. The van der Waals surface area contributed by atoms with Crippen LogP contribution < -0.4 is 0 Å². The van der Waals surface area contributed by atoms with Gasteiger partial charge in [0, 0.05) is 24.3 Å². The van der Waals surface area contributed by atoms with Gasteiger partial charge in [-0.1, -0.05) is 0 Å². The molecule has 0 saturated heterocycles. The van der Waals surface area contributed by atoms with Crippen LogP contribution in [0.15, 0.2) is 18.6 Å². The summed E-state index contributed by atoms with van der Waals surface area (Å²) in [7, 11) is 0. The van der Waals surface area contributed by atoms with Gasteiger partial charge in [0.1, 0.15) is 0 Å². The van der Waals surface area contributed by atoms with E-state index in [9.17, 15) is 4.79 Å². The van der Waals surface area contributed by atoms with Crippen LogP contribution in [0, 0.1) is 0 Å². The lowest BCUT2D eigenvalue weighted by molar-refractivity contribution is -0.146. The molecule has 0 fully saturated rings. The number of carboxylic acid groups (broad SMARTS) is 1. The summed E-state index contributed by atoms with van der Waals surface area (Å²) in [5, 5.41) is 17.4. The second-order valence-corrected chi connectivity index (χ2v) is 4.00. The van der Waals surface area contributed by atoms with Gasteiger partial charge in [0.05, 0.1) is 5.69 Å². The Morgan fingerprint density at radius 3 is 2.93 bits per heavy atom. The van der Waals surface area contributed by atoms with E-state index in [1.54, 1.807) is 18.6 Å². The summed E-state index contributed by atoms with van der Waals surface area (Å²) in [5.41, 5.74) is 0.854. The number of rotatable bonds is 6. The molecule has 0 aliphatic rings. The molecule has 1 rings (SSSR count). The second-order valence-electron chi connectivity index (χ2n) is 2.89. The maximum absolute atomic E-state index is 10.3. The van der Waals surface area contributed by atoms with E-state index in [0.29, 0.717) is 11.5 Å². The molecular weight excluding hydrogens is 216 g/mol. The molecule has 1 aromatic heterocycles. The maximum Gasteiger partial charge on any atom is 0.332 e. The Balaban J connectivity index is 2.15. The van der Waals surface area contributed by atoms with Crippen LogP contribution in [0.25, 0.3) is 0 Å². The first-order chi connectivity index (χ1) is 7.20. The Bertz CT molecular complexity index is 307. The van der Waals surface area contributed by atoms with E-state index in [-0.39, 0.29) is 6.42 Å². The molecule has 0 spiro atoms. The van der Waals surface area contributed by atoms with E-state index in [1.807, 2.05) is 0 Å². The molecule has 1 heterocycles. The highest BCUT2D eigenvalue weighted by Gasteiger charge is 2.11. The minimum atomic E-state index is -1.26. The summed E-state index contributed by atoms with van der Waals surface area (Å²) in [6.45, 7) is 0. The van der Waals surface area contributed by atoms with Crippen LogP contribution in [0.1, 0.15) is 12.1 Å². The highest BCUT2D eigenvalue weighted by atomic mass is 32.2.